The second-order valence-corrected chi connectivity index (χ2v) is 5.10. The van der Waals surface area contributed by atoms with Gasteiger partial charge in [0.1, 0.15) is 0 Å². The van der Waals surface area contributed by atoms with Crippen LogP contribution in [-0.4, -0.2) is 21.7 Å². The lowest BCUT2D eigenvalue weighted by molar-refractivity contribution is 0.0699. The highest BCUT2D eigenvalue weighted by molar-refractivity contribution is 6.04. The van der Waals surface area contributed by atoms with Crippen LogP contribution in [0.25, 0.3) is 10.9 Å². The smallest absolute Gasteiger partial charge is 0.336 e. The van der Waals surface area contributed by atoms with Gasteiger partial charge in [-0.1, -0.05) is 6.07 Å². The molecule has 0 saturated heterocycles. The molecule has 1 fully saturated rings. The van der Waals surface area contributed by atoms with Crippen molar-refractivity contribution in [2.75, 3.05) is 0 Å². The minimum atomic E-state index is -0.855. The Hall–Kier alpha value is -1.81. The molecule has 4 heteroatoms. The summed E-state index contributed by atoms with van der Waals surface area (Å²) in [4.78, 5) is 11.4. The van der Waals surface area contributed by atoms with Gasteiger partial charge in [0.25, 0.3) is 0 Å². The molecule has 2 N–H and O–H groups in total. The number of fused-ring (bicyclic) bond motifs is 1. The molecule has 1 aliphatic rings. The largest absolute Gasteiger partial charge is 0.478 e. The molecule has 1 aliphatic carbocycles. The maximum atomic E-state index is 11.4. The fourth-order valence-corrected chi connectivity index (χ4v) is 2.55. The van der Waals surface area contributed by atoms with Gasteiger partial charge in [0.05, 0.1) is 5.56 Å². The molecule has 0 aliphatic heterocycles. The van der Waals surface area contributed by atoms with Gasteiger partial charge in [0.15, 0.2) is 0 Å². The van der Waals surface area contributed by atoms with E-state index in [1.165, 1.54) is 12.8 Å². The standard InChI is InChI=1S/C15H18N2O2/c1-2-17-9-10(8-16-11-6-7-11)14-12(15(18)19)4-3-5-13(14)17/h3-5,9,11,16H,2,6-8H2,1H3,(H,18,19). The van der Waals surface area contributed by atoms with Crippen LogP contribution in [0, 0.1) is 0 Å². The zero-order valence-electron chi connectivity index (χ0n) is 11.0. The monoisotopic (exact) mass is 258 g/mol. The van der Waals surface area contributed by atoms with E-state index >= 15 is 0 Å². The summed E-state index contributed by atoms with van der Waals surface area (Å²) in [6.07, 6.45) is 4.54. The molecule has 2 aromatic rings. The summed E-state index contributed by atoms with van der Waals surface area (Å²) in [6, 6.07) is 6.12. The van der Waals surface area contributed by atoms with E-state index in [0.29, 0.717) is 11.6 Å². The number of nitrogens with one attached hydrogen (secondary N) is 1. The van der Waals surface area contributed by atoms with E-state index in [2.05, 4.69) is 23.0 Å². The van der Waals surface area contributed by atoms with Gasteiger partial charge in [-0.3, -0.25) is 0 Å². The van der Waals surface area contributed by atoms with Crippen molar-refractivity contribution in [3.8, 4) is 0 Å². The third kappa shape index (κ3) is 2.24. The number of hydrogen-bond donors (Lipinski definition) is 2. The number of benzene rings is 1. The molecule has 1 aromatic heterocycles. The van der Waals surface area contributed by atoms with Gasteiger partial charge in [0.2, 0.25) is 0 Å². The lowest BCUT2D eigenvalue weighted by atomic mass is 10.1. The molecule has 1 saturated carbocycles. The van der Waals surface area contributed by atoms with Crippen LogP contribution in [0.5, 0.6) is 0 Å². The van der Waals surface area contributed by atoms with E-state index in [1.54, 1.807) is 6.07 Å². The summed E-state index contributed by atoms with van der Waals surface area (Å²) < 4.78 is 2.12. The van der Waals surface area contributed by atoms with Crippen molar-refractivity contribution in [2.45, 2.75) is 38.9 Å². The van der Waals surface area contributed by atoms with Gasteiger partial charge in [-0.15, -0.1) is 0 Å². The molecular formula is C15H18N2O2. The minimum absolute atomic E-state index is 0.400. The molecule has 0 unspecified atom stereocenters. The first kappa shape index (κ1) is 12.2. The number of aromatic carboxylic acids is 1. The van der Waals surface area contributed by atoms with Gasteiger partial charge in [-0.25, -0.2) is 4.79 Å². The van der Waals surface area contributed by atoms with Crippen LogP contribution in [0.15, 0.2) is 24.4 Å². The van der Waals surface area contributed by atoms with Crippen molar-refractivity contribution >= 4 is 16.9 Å². The van der Waals surface area contributed by atoms with E-state index in [0.717, 1.165) is 29.6 Å². The summed E-state index contributed by atoms with van der Waals surface area (Å²) in [7, 11) is 0. The Morgan fingerprint density at radius 1 is 1.47 bits per heavy atom. The summed E-state index contributed by atoms with van der Waals surface area (Å²) in [5, 5.41) is 13.7. The average molecular weight is 258 g/mol. The summed E-state index contributed by atoms with van der Waals surface area (Å²) in [5.74, 6) is -0.855. The highest BCUT2D eigenvalue weighted by Crippen LogP contribution is 2.27. The molecule has 1 aromatic carbocycles. The van der Waals surface area contributed by atoms with Gasteiger partial charge in [-0.2, -0.15) is 0 Å². The van der Waals surface area contributed by atoms with E-state index in [-0.39, 0.29) is 0 Å². The van der Waals surface area contributed by atoms with Crippen LogP contribution in [-0.2, 0) is 13.1 Å². The second kappa shape index (κ2) is 4.70. The minimum Gasteiger partial charge on any atom is -0.478 e. The highest BCUT2D eigenvalue weighted by Gasteiger charge is 2.22. The van der Waals surface area contributed by atoms with Gasteiger partial charge in [0, 0.05) is 36.2 Å². The van der Waals surface area contributed by atoms with Crippen molar-refractivity contribution in [3.05, 3.63) is 35.5 Å². The first-order valence-electron chi connectivity index (χ1n) is 6.78. The number of rotatable bonds is 5. The predicted octanol–water partition coefficient (Wildman–Crippen LogP) is 2.61. The Labute approximate surface area is 112 Å². The summed E-state index contributed by atoms with van der Waals surface area (Å²) in [6.45, 7) is 3.67. The Morgan fingerprint density at radius 2 is 2.26 bits per heavy atom. The van der Waals surface area contributed by atoms with Crippen LogP contribution in [0.2, 0.25) is 0 Å². The predicted molar refractivity (Wildman–Crippen MR) is 74.4 cm³/mol. The first-order valence-corrected chi connectivity index (χ1v) is 6.78. The molecular weight excluding hydrogens is 240 g/mol. The van der Waals surface area contributed by atoms with Crippen molar-refractivity contribution in [3.63, 3.8) is 0 Å². The number of hydrogen-bond acceptors (Lipinski definition) is 2. The van der Waals surface area contributed by atoms with E-state index < -0.39 is 5.97 Å². The van der Waals surface area contributed by atoms with E-state index in [4.69, 9.17) is 0 Å². The Kier molecular flexibility index (Phi) is 3.03. The lowest BCUT2D eigenvalue weighted by Crippen LogP contribution is -2.15. The van der Waals surface area contributed by atoms with Crippen molar-refractivity contribution in [1.29, 1.82) is 0 Å². The molecule has 0 radical (unpaired) electrons. The molecule has 1 heterocycles. The van der Waals surface area contributed by atoms with Crippen molar-refractivity contribution in [2.24, 2.45) is 0 Å². The van der Waals surface area contributed by atoms with Crippen LogP contribution in [0.4, 0.5) is 0 Å². The fraction of sp³-hybridized carbons (Fsp3) is 0.400. The quantitative estimate of drug-likeness (QED) is 0.866. The van der Waals surface area contributed by atoms with E-state index in [9.17, 15) is 9.90 Å². The Bertz CT molecular complexity index is 626. The van der Waals surface area contributed by atoms with Crippen molar-refractivity contribution in [1.82, 2.24) is 9.88 Å². The molecule has 0 amide bonds. The Balaban J connectivity index is 2.09. The van der Waals surface area contributed by atoms with Crippen molar-refractivity contribution < 1.29 is 9.90 Å². The number of carboxylic acids is 1. The number of carboxylic acid groups (broad SMARTS) is 1. The molecule has 0 bridgehead atoms. The maximum Gasteiger partial charge on any atom is 0.336 e. The molecule has 0 spiro atoms. The fourth-order valence-electron chi connectivity index (χ4n) is 2.55. The van der Waals surface area contributed by atoms with Crippen LogP contribution in [0.3, 0.4) is 0 Å². The number of carbonyl (C=O) groups is 1. The normalized spacial score (nSPS) is 15.0. The highest BCUT2D eigenvalue weighted by atomic mass is 16.4. The maximum absolute atomic E-state index is 11.4. The van der Waals surface area contributed by atoms with Gasteiger partial charge < -0.3 is 15.0 Å². The average Bonchev–Trinajstić information content (AvgIpc) is 3.17. The topological polar surface area (TPSA) is 54.3 Å². The molecule has 0 atom stereocenters. The third-order valence-corrected chi connectivity index (χ3v) is 3.71. The molecule has 100 valence electrons. The number of aromatic nitrogens is 1. The second-order valence-electron chi connectivity index (χ2n) is 5.10. The van der Waals surface area contributed by atoms with E-state index in [1.807, 2.05) is 12.1 Å². The van der Waals surface area contributed by atoms with Gasteiger partial charge in [-0.05, 0) is 37.5 Å². The van der Waals surface area contributed by atoms with Crippen LogP contribution in [0.1, 0.15) is 35.7 Å². The zero-order chi connectivity index (χ0) is 13.4. The molecule has 4 nitrogen and oxygen atoms in total. The Morgan fingerprint density at radius 3 is 2.89 bits per heavy atom. The number of aryl methyl sites for hydroxylation is 1. The van der Waals surface area contributed by atoms with Crippen LogP contribution >= 0.6 is 0 Å². The van der Waals surface area contributed by atoms with Gasteiger partial charge >= 0.3 is 5.97 Å². The summed E-state index contributed by atoms with van der Waals surface area (Å²) >= 11 is 0. The number of nitrogens with zero attached hydrogens (tertiary/aromatic N) is 1. The first-order chi connectivity index (χ1) is 9.20. The zero-order valence-corrected chi connectivity index (χ0v) is 11.0. The third-order valence-electron chi connectivity index (χ3n) is 3.71. The SMILES string of the molecule is CCn1cc(CNC2CC2)c2c(C(=O)O)cccc21. The summed E-state index contributed by atoms with van der Waals surface area (Å²) in [5.41, 5.74) is 2.49. The molecule has 19 heavy (non-hydrogen) atoms. The van der Waals surface area contributed by atoms with Crippen LogP contribution < -0.4 is 5.32 Å². The lowest BCUT2D eigenvalue weighted by Gasteiger charge is -2.04. The molecule has 3 rings (SSSR count).